The normalized spacial score (nSPS) is 11.7. The number of hydrogen-bond acceptors (Lipinski definition) is 5. The van der Waals surface area contributed by atoms with Gasteiger partial charge in [0.05, 0.1) is 27.8 Å². The molecule has 3 aromatic carbocycles. The third-order valence-electron chi connectivity index (χ3n) is 5.30. The second-order valence-electron chi connectivity index (χ2n) is 7.31. The molecule has 0 heterocycles. The molecule has 0 aromatic heterocycles. The molecule has 0 amide bonds. The predicted octanol–water partition coefficient (Wildman–Crippen LogP) is 5.01. The van der Waals surface area contributed by atoms with Crippen LogP contribution in [-0.4, -0.2) is 32.2 Å². The molecule has 0 saturated carbocycles. The summed E-state index contributed by atoms with van der Waals surface area (Å²) in [6, 6.07) is 26.0. The zero-order chi connectivity index (χ0) is 22.1. The van der Waals surface area contributed by atoms with Gasteiger partial charge in [-0.25, -0.2) is 0 Å². The van der Waals surface area contributed by atoms with E-state index in [0.717, 1.165) is 28.2 Å². The lowest BCUT2D eigenvalue weighted by Gasteiger charge is -2.32. The first-order chi connectivity index (χ1) is 15.1. The van der Waals surface area contributed by atoms with Gasteiger partial charge >= 0.3 is 5.97 Å². The number of benzene rings is 3. The highest BCUT2D eigenvalue weighted by Gasteiger charge is 2.24. The summed E-state index contributed by atoms with van der Waals surface area (Å²) in [6.07, 6.45) is 0.271. The van der Waals surface area contributed by atoms with Crippen molar-refractivity contribution in [2.75, 3.05) is 21.3 Å². The fourth-order valence-electron chi connectivity index (χ4n) is 3.58. The first kappa shape index (κ1) is 22.4. The van der Waals surface area contributed by atoms with Crippen molar-refractivity contribution in [1.29, 1.82) is 0 Å². The average molecular weight is 420 g/mol. The van der Waals surface area contributed by atoms with Crippen LogP contribution in [0.1, 0.15) is 29.2 Å². The minimum atomic E-state index is -0.233. The third kappa shape index (κ3) is 6.33. The van der Waals surface area contributed by atoms with Gasteiger partial charge in [0.25, 0.3) is 0 Å². The third-order valence-corrected chi connectivity index (χ3v) is 5.30. The molecule has 5 heteroatoms. The number of ether oxygens (including phenoxy) is 3. The van der Waals surface area contributed by atoms with E-state index in [4.69, 9.17) is 14.2 Å². The molecule has 0 spiro atoms. The Bertz CT molecular complexity index is 890. The van der Waals surface area contributed by atoms with Gasteiger partial charge in [0, 0.05) is 19.1 Å². The quantitative estimate of drug-likeness (QED) is 0.432. The molecule has 0 fully saturated rings. The van der Waals surface area contributed by atoms with Crippen molar-refractivity contribution >= 4 is 5.97 Å². The summed E-state index contributed by atoms with van der Waals surface area (Å²) < 4.78 is 15.6. The summed E-state index contributed by atoms with van der Waals surface area (Å²) in [4.78, 5) is 14.6. The molecule has 1 atom stereocenters. The molecule has 0 radical (unpaired) electrons. The highest BCUT2D eigenvalue weighted by atomic mass is 16.5. The molecule has 162 valence electrons. The van der Waals surface area contributed by atoms with Crippen LogP contribution >= 0.6 is 0 Å². The van der Waals surface area contributed by atoms with Crippen LogP contribution in [0.5, 0.6) is 11.5 Å². The fraction of sp³-hybridized carbons (Fsp3) is 0.269. The van der Waals surface area contributed by atoms with Crippen LogP contribution in [0, 0.1) is 0 Å². The summed E-state index contributed by atoms with van der Waals surface area (Å²) in [5.74, 6) is 1.41. The zero-order valence-corrected chi connectivity index (χ0v) is 18.3. The van der Waals surface area contributed by atoms with Crippen LogP contribution in [0.15, 0.2) is 78.9 Å². The number of nitrogens with zero attached hydrogens (tertiary/aromatic N) is 1. The Labute approximate surface area is 184 Å². The van der Waals surface area contributed by atoms with Gasteiger partial charge in [0.15, 0.2) is 0 Å². The van der Waals surface area contributed by atoms with Gasteiger partial charge in [-0.2, -0.15) is 0 Å². The maximum absolute atomic E-state index is 12.3. The number of hydrogen-bond donors (Lipinski definition) is 0. The lowest BCUT2D eigenvalue weighted by atomic mass is 10.00. The van der Waals surface area contributed by atoms with Gasteiger partial charge in [-0.3, -0.25) is 9.69 Å². The van der Waals surface area contributed by atoms with Crippen molar-refractivity contribution in [3.8, 4) is 11.5 Å². The first-order valence-corrected chi connectivity index (χ1v) is 10.2. The van der Waals surface area contributed by atoms with Gasteiger partial charge in [-0.1, -0.05) is 54.6 Å². The molecule has 0 saturated heterocycles. The van der Waals surface area contributed by atoms with Crippen LogP contribution in [0.4, 0.5) is 0 Å². The van der Waals surface area contributed by atoms with E-state index in [1.165, 1.54) is 7.11 Å². The molecule has 0 bridgehead atoms. The minimum absolute atomic E-state index is 0.127. The molecular formula is C26H29NO4. The standard InChI is InChI=1S/C26H29NO4/c1-29-23-13-9-20(10-14-23)18-27(19-21-11-15-24(30-2)16-12-21)25(17-26(28)31-3)22-7-5-4-6-8-22/h4-16,25H,17-19H2,1-3H3/t25-/m1/s1. The monoisotopic (exact) mass is 419 g/mol. The first-order valence-electron chi connectivity index (χ1n) is 10.2. The van der Waals surface area contributed by atoms with Crippen LogP contribution in [0.2, 0.25) is 0 Å². The topological polar surface area (TPSA) is 48.0 Å². The van der Waals surface area contributed by atoms with E-state index >= 15 is 0 Å². The Kier molecular flexibility index (Phi) is 8.07. The van der Waals surface area contributed by atoms with Crippen molar-refractivity contribution in [1.82, 2.24) is 4.90 Å². The Balaban J connectivity index is 1.94. The Morgan fingerprint density at radius 2 is 1.23 bits per heavy atom. The maximum atomic E-state index is 12.3. The van der Waals surface area contributed by atoms with Gasteiger partial charge in [-0.15, -0.1) is 0 Å². The van der Waals surface area contributed by atoms with Crippen molar-refractivity contribution < 1.29 is 19.0 Å². The molecule has 0 aliphatic carbocycles. The van der Waals surface area contributed by atoms with Crippen LogP contribution in [0.25, 0.3) is 0 Å². The van der Waals surface area contributed by atoms with E-state index in [-0.39, 0.29) is 18.4 Å². The summed E-state index contributed by atoms with van der Waals surface area (Å²) in [6.45, 7) is 1.35. The molecule has 5 nitrogen and oxygen atoms in total. The van der Waals surface area contributed by atoms with Gasteiger partial charge in [0.2, 0.25) is 0 Å². The van der Waals surface area contributed by atoms with Crippen LogP contribution in [0.3, 0.4) is 0 Å². The molecule has 0 N–H and O–H groups in total. The highest BCUT2D eigenvalue weighted by molar-refractivity contribution is 5.70. The second-order valence-corrected chi connectivity index (χ2v) is 7.31. The van der Waals surface area contributed by atoms with Crippen LogP contribution in [-0.2, 0) is 22.6 Å². The Morgan fingerprint density at radius 1 is 0.742 bits per heavy atom. The van der Waals surface area contributed by atoms with Gasteiger partial charge in [0.1, 0.15) is 11.5 Å². The average Bonchev–Trinajstić information content (AvgIpc) is 2.83. The summed E-state index contributed by atoms with van der Waals surface area (Å²) in [7, 11) is 4.75. The summed E-state index contributed by atoms with van der Waals surface area (Å²) in [5, 5.41) is 0. The van der Waals surface area contributed by atoms with E-state index < -0.39 is 0 Å². The molecular weight excluding hydrogens is 390 g/mol. The molecule has 3 aromatic rings. The Morgan fingerprint density at radius 3 is 1.65 bits per heavy atom. The number of rotatable bonds is 10. The van der Waals surface area contributed by atoms with Crippen LogP contribution < -0.4 is 9.47 Å². The largest absolute Gasteiger partial charge is 0.497 e. The lowest BCUT2D eigenvalue weighted by Crippen LogP contribution is -2.30. The van der Waals surface area contributed by atoms with E-state index in [9.17, 15) is 4.79 Å². The number of methoxy groups -OCH3 is 3. The maximum Gasteiger partial charge on any atom is 0.307 e. The van der Waals surface area contributed by atoms with E-state index in [1.54, 1.807) is 14.2 Å². The number of carbonyl (C=O) groups is 1. The van der Waals surface area contributed by atoms with Crippen molar-refractivity contribution in [2.24, 2.45) is 0 Å². The molecule has 0 aliphatic rings. The van der Waals surface area contributed by atoms with Gasteiger partial charge in [-0.05, 0) is 41.0 Å². The van der Waals surface area contributed by atoms with Crippen molar-refractivity contribution in [3.63, 3.8) is 0 Å². The minimum Gasteiger partial charge on any atom is -0.497 e. The second kappa shape index (κ2) is 11.2. The number of carbonyl (C=O) groups excluding carboxylic acids is 1. The summed E-state index contributed by atoms with van der Waals surface area (Å²) >= 11 is 0. The zero-order valence-electron chi connectivity index (χ0n) is 18.3. The van der Waals surface area contributed by atoms with Crippen molar-refractivity contribution in [3.05, 3.63) is 95.6 Å². The molecule has 0 aliphatic heterocycles. The van der Waals surface area contributed by atoms with E-state index in [1.807, 2.05) is 42.5 Å². The SMILES string of the molecule is COC(=O)C[C@H](c1ccccc1)N(Cc1ccc(OC)cc1)Cc1ccc(OC)cc1. The van der Waals surface area contributed by atoms with E-state index in [2.05, 4.69) is 41.3 Å². The highest BCUT2D eigenvalue weighted by Crippen LogP contribution is 2.29. The van der Waals surface area contributed by atoms with Crippen molar-refractivity contribution in [2.45, 2.75) is 25.6 Å². The molecule has 0 unspecified atom stereocenters. The molecule has 31 heavy (non-hydrogen) atoms. The fourth-order valence-corrected chi connectivity index (χ4v) is 3.58. The molecule has 3 rings (SSSR count). The summed E-state index contributed by atoms with van der Waals surface area (Å²) in [5.41, 5.74) is 3.36. The lowest BCUT2D eigenvalue weighted by molar-refractivity contribution is -0.142. The number of esters is 1. The smallest absolute Gasteiger partial charge is 0.307 e. The van der Waals surface area contributed by atoms with Gasteiger partial charge < -0.3 is 14.2 Å². The Hall–Kier alpha value is -3.31. The van der Waals surface area contributed by atoms with E-state index in [0.29, 0.717) is 13.1 Å². The predicted molar refractivity (Wildman–Crippen MR) is 121 cm³/mol.